The van der Waals surface area contributed by atoms with Gasteiger partial charge in [-0.15, -0.1) is 0 Å². The SMILES string of the molecule is COc1ccc2c3c(cccc13)C21c2ccccc2-c2ccccc2Cc2ccccc2-c2ccccc21. The average molecular weight is 487 g/mol. The molecule has 0 bridgehead atoms. The minimum absolute atomic E-state index is 0.397. The molecule has 0 saturated carbocycles. The van der Waals surface area contributed by atoms with Crippen molar-refractivity contribution in [2.75, 3.05) is 7.11 Å². The summed E-state index contributed by atoms with van der Waals surface area (Å²) in [6.45, 7) is 0. The number of fused-ring (bicyclic) bond motifs is 10. The summed E-state index contributed by atoms with van der Waals surface area (Å²) < 4.78 is 5.80. The van der Waals surface area contributed by atoms with Crippen LogP contribution >= 0.6 is 0 Å². The van der Waals surface area contributed by atoms with Crippen LogP contribution in [0.1, 0.15) is 33.4 Å². The largest absolute Gasteiger partial charge is 0.496 e. The molecule has 0 aromatic heterocycles. The fourth-order valence-corrected chi connectivity index (χ4v) is 7.16. The van der Waals surface area contributed by atoms with E-state index in [2.05, 4.69) is 127 Å². The van der Waals surface area contributed by atoms with Gasteiger partial charge in [-0.05, 0) is 73.5 Å². The van der Waals surface area contributed by atoms with Crippen LogP contribution in [0.5, 0.6) is 5.75 Å². The molecule has 6 aromatic rings. The van der Waals surface area contributed by atoms with E-state index in [1.165, 1.54) is 66.4 Å². The molecule has 1 spiro atoms. The molecule has 0 fully saturated rings. The van der Waals surface area contributed by atoms with Crippen LogP contribution < -0.4 is 4.74 Å². The first-order valence-corrected chi connectivity index (χ1v) is 13.3. The lowest BCUT2D eigenvalue weighted by atomic mass is 9.54. The molecule has 0 N–H and O–H groups in total. The van der Waals surface area contributed by atoms with Gasteiger partial charge in [0.15, 0.2) is 0 Å². The van der Waals surface area contributed by atoms with Crippen molar-refractivity contribution in [3.8, 4) is 28.0 Å². The number of methoxy groups -OCH3 is 1. The third-order valence-corrected chi connectivity index (χ3v) is 8.69. The summed E-state index contributed by atoms with van der Waals surface area (Å²) in [6, 6.07) is 47.1. The van der Waals surface area contributed by atoms with E-state index in [0.717, 1.165) is 12.2 Å². The predicted molar refractivity (Wildman–Crippen MR) is 156 cm³/mol. The molecule has 0 radical (unpaired) electrons. The number of hydrogen-bond donors (Lipinski definition) is 0. The lowest BCUT2D eigenvalue weighted by Crippen LogP contribution is -2.39. The Hall–Kier alpha value is -4.62. The van der Waals surface area contributed by atoms with Crippen LogP contribution in [-0.4, -0.2) is 7.11 Å². The van der Waals surface area contributed by atoms with Gasteiger partial charge in [-0.1, -0.05) is 121 Å². The van der Waals surface area contributed by atoms with Gasteiger partial charge in [0.2, 0.25) is 0 Å². The van der Waals surface area contributed by atoms with Crippen LogP contribution in [0.25, 0.3) is 33.0 Å². The summed E-state index contributed by atoms with van der Waals surface area (Å²) in [5.74, 6) is 0.928. The number of rotatable bonds is 1. The second-order valence-corrected chi connectivity index (χ2v) is 10.4. The molecule has 0 heterocycles. The maximum absolute atomic E-state index is 5.80. The Kier molecular flexibility index (Phi) is 4.48. The molecule has 1 heteroatoms. The third-order valence-electron chi connectivity index (χ3n) is 8.69. The van der Waals surface area contributed by atoms with Crippen molar-refractivity contribution < 1.29 is 4.74 Å². The zero-order valence-electron chi connectivity index (χ0n) is 21.2. The van der Waals surface area contributed by atoms with Crippen LogP contribution in [-0.2, 0) is 11.8 Å². The molecule has 6 aromatic carbocycles. The fraction of sp³-hybridized carbons (Fsp3) is 0.0811. The van der Waals surface area contributed by atoms with Gasteiger partial charge in [0.05, 0.1) is 12.5 Å². The van der Waals surface area contributed by atoms with Crippen molar-refractivity contribution in [2.45, 2.75) is 11.8 Å². The van der Waals surface area contributed by atoms with E-state index in [9.17, 15) is 0 Å². The highest BCUT2D eigenvalue weighted by Gasteiger charge is 2.50. The first kappa shape index (κ1) is 21.5. The number of hydrogen-bond acceptors (Lipinski definition) is 1. The van der Waals surface area contributed by atoms with Gasteiger partial charge >= 0.3 is 0 Å². The predicted octanol–water partition coefficient (Wildman–Crippen LogP) is 8.78. The second kappa shape index (κ2) is 7.94. The van der Waals surface area contributed by atoms with Crippen LogP contribution in [0.3, 0.4) is 0 Å². The van der Waals surface area contributed by atoms with Gasteiger partial charge in [-0.25, -0.2) is 0 Å². The maximum atomic E-state index is 5.80. The summed E-state index contributed by atoms with van der Waals surface area (Å²) >= 11 is 0. The van der Waals surface area contributed by atoms with Crippen molar-refractivity contribution >= 4 is 10.8 Å². The van der Waals surface area contributed by atoms with E-state index < -0.39 is 5.41 Å². The minimum atomic E-state index is -0.397. The van der Waals surface area contributed by atoms with Crippen LogP contribution in [0.2, 0.25) is 0 Å². The molecule has 2 aliphatic rings. The zero-order chi connectivity index (χ0) is 25.3. The lowest BCUT2D eigenvalue weighted by Gasteiger charge is -2.47. The lowest BCUT2D eigenvalue weighted by molar-refractivity contribution is 0.419. The van der Waals surface area contributed by atoms with E-state index in [0.29, 0.717) is 0 Å². The van der Waals surface area contributed by atoms with Crippen molar-refractivity contribution in [3.63, 3.8) is 0 Å². The highest BCUT2D eigenvalue weighted by atomic mass is 16.5. The van der Waals surface area contributed by atoms with Crippen molar-refractivity contribution in [1.82, 2.24) is 0 Å². The molecule has 0 saturated heterocycles. The van der Waals surface area contributed by atoms with E-state index >= 15 is 0 Å². The van der Waals surface area contributed by atoms with Crippen molar-refractivity contribution in [2.24, 2.45) is 0 Å². The van der Waals surface area contributed by atoms with E-state index in [-0.39, 0.29) is 0 Å². The van der Waals surface area contributed by atoms with E-state index in [1.54, 1.807) is 7.11 Å². The van der Waals surface area contributed by atoms with Gasteiger partial charge in [0, 0.05) is 5.39 Å². The van der Waals surface area contributed by atoms with Gasteiger partial charge in [-0.3, -0.25) is 0 Å². The smallest absolute Gasteiger partial charge is 0.126 e. The Morgan fingerprint density at radius 1 is 0.474 bits per heavy atom. The summed E-state index contributed by atoms with van der Waals surface area (Å²) in [7, 11) is 1.76. The normalized spacial score (nSPS) is 14.0. The molecule has 0 unspecified atom stereocenters. The summed E-state index contributed by atoms with van der Waals surface area (Å²) in [5.41, 5.74) is 12.9. The van der Waals surface area contributed by atoms with E-state index in [1.807, 2.05) is 0 Å². The molecule has 2 aliphatic carbocycles. The van der Waals surface area contributed by atoms with E-state index in [4.69, 9.17) is 4.74 Å². The van der Waals surface area contributed by atoms with Crippen molar-refractivity contribution in [1.29, 1.82) is 0 Å². The third kappa shape index (κ3) is 2.66. The van der Waals surface area contributed by atoms with Gasteiger partial charge in [-0.2, -0.15) is 0 Å². The van der Waals surface area contributed by atoms with Crippen molar-refractivity contribution in [3.05, 3.63) is 161 Å². The maximum Gasteiger partial charge on any atom is 0.126 e. The monoisotopic (exact) mass is 486 g/mol. The summed E-state index contributed by atoms with van der Waals surface area (Å²) in [4.78, 5) is 0. The quantitative estimate of drug-likeness (QED) is 0.225. The Labute approximate surface area is 223 Å². The van der Waals surface area contributed by atoms with Gasteiger partial charge < -0.3 is 4.74 Å². The average Bonchev–Trinajstić information content (AvgIpc) is 2.98. The molecule has 1 nitrogen and oxygen atoms in total. The minimum Gasteiger partial charge on any atom is -0.496 e. The Balaban J connectivity index is 1.59. The first-order valence-electron chi connectivity index (χ1n) is 13.3. The standard InChI is InChI=1S/C37H26O/c1-38-35-22-21-34-36-30(35)17-10-20-33(36)37(34)31-18-8-6-15-28(31)26-13-4-2-11-24(26)23-25-12-3-5-14-27(25)29-16-7-9-19-32(29)37/h2-22H,23H2,1H3. The molecular weight excluding hydrogens is 460 g/mol. The van der Waals surface area contributed by atoms with Crippen LogP contribution in [0.15, 0.2) is 127 Å². The fourth-order valence-electron chi connectivity index (χ4n) is 7.16. The van der Waals surface area contributed by atoms with Crippen LogP contribution in [0, 0.1) is 0 Å². The Morgan fingerprint density at radius 3 is 1.58 bits per heavy atom. The Morgan fingerprint density at radius 2 is 0.974 bits per heavy atom. The molecule has 8 rings (SSSR count). The molecule has 0 atom stereocenters. The first-order chi connectivity index (χ1) is 18.8. The molecule has 0 amide bonds. The topological polar surface area (TPSA) is 9.23 Å². The zero-order valence-corrected chi connectivity index (χ0v) is 21.2. The Bertz CT molecular complexity index is 1790. The molecule has 0 aliphatic heterocycles. The van der Waals surface area contributed by atoms with Gasteiger partial charge in [0.25, 0.3) is 0 Å². The van der Waals surface area contributed by atoms with Gasteiger partial charge in [0.1, 0.15) is 5.75 Å². The number of benzene rings is 6. The highest BCUT2D eigenvalue weighted by Crippen LogP contribution is 2.61. The number of ether oxygens (including phenoxy) is 1. The summed E-state index contributed by atoms with van der Waals surface area (Å²) in [6.07, 6.45) is 0.894. The molecule has 38 heavy (non-hydrogen) atoms. The molecule has 180 valence electrons. The highest BCUT2D eigenvalue weighted by molar-refractivity contribution is 6.05. The summed E-state index contributed by atoms with van der Waals surface area (Å²) in [5, 5.41) is 2.50. The second-order valence-electron chi connectivity index (χ2n) is 10.4. The van der Waals surface area contributed by atoms with Crippen LogP contribution in [0.4, 0.5) is 0 Å². The molecular formula is C37H26O.